The van der Waals surface area contributed by atoms with Crippen LogP contribution >= 0.6 is 0 Å². The van der Waals surface area contributed by atoms with E-state index in [1.807, 2.05) is 55.5 Å². The van der Waals surface area contributed by atoms with Gasteiger partial charge in [0, 0.05) is 44.5 Å². The number of anilines is 6. The van der Waals surface area contributed by atoms with E-state index < -0.39 is 0 Å². The van der Waals surface area contributed by atoms with Crippen LogP contribution in [0.4, 0.5) is 34.1 Å². The number of hydrogen-bond donors (Lipinski definition) is 0. The smallest absolute Gasteiger partial charge is 0.194 e. The number of benzene rings is 8. The Labute approximate surface area is 382 Å². The van der Waals surface area contributed by atoms with E-state index in [9.17, 15) is 9.59 Å². The number of nitrogens with zero attached hydrogens (tertiary/aromatic N) is 2. The van der Waals surface area contributed by atoms with Crippen molar-refractivity contribution in [1.82, 2.24) is 0 Å². The molecule has 0 saturated heterocycles. The molecule has 11 rings (SSSR count). The molecule has 0 atom stereocenters. The molecule has 0 N–H and O–H groups in total. The fourth-order valence-electron chi connectivity index (χ4n) is 10.1. The van der Waals surface area contributed by atoms with Gasteiger partial charge in [-0.2, -0.15) is 0 Å². The summed E-state index contributed by atoms with van der Waals surface area (Å²) in [7, 11) is 0. The number of allylic oxidation sites excluding steroid dienone is 3. The summed E-state index contributed by atoms with van der Waals surface area (Å²) in [6, 6.07) is 62.8. The van der Waals surface area contributed by atoms with Gasteiger partial charge in [0.2, 0.25) is 0 Å². The Kier molecular flexibility index (Phi) is 10.2. The fourth-order valence-corrected chi connectivity index (χ4v) is 10.1. The van der Waals surface area contributed by atoms with Gasteiger partial charge in [0.05, 0.1) is 22.7 Å². The van der Waals surface area contributed by atoms with Crippen LogP contribution in [0.25, 0.3) is 22.3 Å². The van der Waals surface area contributed by atoms with E-state index in [4.69, 9.17) is 0 Å². The van der Waals surface area contributed by atoms with Crippen LogP contribution in [0.15, 0.2) is 207 Å². The van der Waals surface area contributed by atoms with Crippen molar-refractivity contribution in [3.05, 3.63) is 251 Å². The monoisotopic (exact) mass is 842 g/mol. The molecule has 0 fully saturated rings. The van der Waals surface area contributed by atoms with Crippen LogP contribution in [0.1, 0.15) is 88.7 Å². The van der Waals surface area contributed by atoms with Crippen molar-refractivity contribution in [3.63, 3.8) is 0 Å². The van der Waals surface area contributed by atoms with Gasteiger partial charge in [-0.15, -0.1) is 0 Å². The molecule has 65 heavy (non-hydrogen) atoms. The minimum Gasteiger partial charge on any atom is -0.310 e. The number of hydrogen-bond acceptors (Lipinski definition) is 4. The summed E-state index contributed by atoms with van der Waals surface area (Å²) in [6.07, 6.45) is 5.58. The van der Waals surface area contributed by atoms with Gasteiger partial charge in [-0.3, -0.25) is 9.59 Å². The fraction of sp³-hybridized carbons (Fsp3) is 0.115. The van der Waals surface area contributed by atoms with E-state index >= 15 is 0 Å². The first-order valence-electron chi connectivity index (χ1n) is 22.3. The molecule has 0 aromatic heterocycles. The summed E-state index contributed by atoms with van der Waals surface area (Å²) >= 11 is 0. The van der Waals surface area contributed by atoms with Crippen molar-refractivity contribution in [1.29, 1.82) is 0 Å². The standard InChI is InChI=1S/C56H42N2O2.C5H8/c1-55(2)45-13-5-9-17-49(45)57(50-18-10-6-14-46(50)55)39-27-21-35(22-28-39)37-25-31-41-43(33-37)53(59)42-32-26-38(34-44(42)54(41)60)36-23-29-40(30-24-36)58-51-19-11-7-15-47(51)56(3,4)48-16-8-12-20-52(48)58;1-3-5-4-2/h5-34H,1-4H3;3-5H,1H2,2H3/b;5-4-. The van der Waals surface area contributed by atoms with E-state index in [2.05, 4.69) is 190 Å². The van der Waals surface area contributed by atoms with E-state index in [0.717, 1.165) is 33.6 Å². The highest BCUT2D eigenvalue weighted by Crippen LogP contribution is 2.53. The van der Waals surface area contributed by atoms with Crippen LogP contribution in [0.2, 0.25) is 0 Å². The Morgan fingerprint density at radius 1 is 0.400 bits per heavy atom. The zero-order valence-corrected chi connectivity index (χ0v) is 37.5. The maximum absolute atomic E-state index is 14.1. The van der Waals surface area contributed by atoms with Crippen molar-refractivity contribution in [2.45, 2.75) is 45.4 Å². The zero-order chi connectivity index (χ0) is 45.0. The molecule has 316 valence electrons. The average molecular weight is 843 g/mol. The summed E-state index contributed by atoms with van der Waals surface area (Å²) in [5.74, 6) is -0.260. The number of carbonyl (C=O) groups excluding carboxylic acids is 2. The van der Waals surface area contributed by atoms with E-state index in [-0.39, 0.29) is 22.4 Å². The van der Waals surface area contributed by atoms with Crippen LogP contribution in [0.3, 0.4) is 0 Å². The minimum absolute atomic E-state index is 0.130. The lowest BCUT2D eigenvalue weighted by Crippen LogP contribution is -2.30. The Bertz CT molecular complexity index is 2910. The van der Waals surface area contributed by atoms with Crippen LogP contribution in [0.5, 0.6) is 0 Å². The number of rotatable bonds is 5. The topological polar surface area (TPSA) is 40.6 Å². The highest BCUT2D eigenvalue weighted by atomic mass is 16.1. The normalized spacial score (nSPS) is 14.8. The second-order valence-corrected chi connectivity index (χ2v) is 18.0. The molecule has 2 aliphatic heterocycles. The number of fused-ring (bicyclic) bond motifs is 6. The van der Waals surface area contributed by atoms with Gasteiger partial charge in [-0.05, 0) is 124 Å². The molecular formula is C61H50N2O2. The van der Waals surface area contributed by atoms with E-state index in [0.29, 0.717) is 22.3 Å². The van der Waals surface area contributed by atoms with Crippen LogP contribution < -0.4 is 9.80 Å². The van der Waals surface area contributed by atoms with Gasteiger partial charge in [-0.25, -0.2) is 0 Å². The number of ketones is 2. The summed E-state index contributed by atoms with van der Waals surface area (Å²) < 4.78 is 0. The second-order valence-electron chi connectivity index (χ2n) is 18.0. The Morgan fingerprint density at radius 2 is 0.708 bits per heavy atom. The van der Waals surface area contributed by atoms with Gasteiger partial charge in [-0.1, -0.05) is 162 Å². The molecule has 0 saturated carbocycles. The first-order valence-corrected chi connectivity index (χ1v) is 22.3. The first kappa shape index (κ1) is 41.2. The lowest BCUT2D eigenvalue weighted by Gasteiger charge is -2.42. The predicted octanol–water partition coefficient (Wildman–Crippen LogP) is 15.8. The molecule has 0 spiro atoms. The molecule has 0 unspecified atom stereocenters. The van der Waals surface area contributed by atoms with Gasteiger partial charge in [0.1, 0.15) is 0 Å². The van der Waals surface area contributed by atoms with Crippen LogP contribution in [-0.4, -0.2) is 11.6 Å². The number of carbonyl (C=O) groups is 2. The average Bonchev–Trinajstić information content (AvgIpc) is 3.34. The Morgan fingerprint density at radius 3 is 1.00 bits per heavy atom. The molecule has 8 aromatic carbocycles. The van der Waals surface area contributed by atoms with Crippen molar-refractivity contribution in [2.75, 3.05) is 9.80 Å². The van der Waals surface area contributed by atoms with Crippen LogP contribution in [-0.2, 0) is 10.8 Å². The summed E-state index contributed by atoms with van der Waals surface area (Å²) in [4.78, 5) is 32.9. The van der Waals surface area contributed by atoms with E-state index in [1.165, 1.54) is 45.0 Å². The lowest BCUT2D eigenvalue weighted by atomic mass is 9.73. The van der Waals surface area contributed by atoms with Crippen molar-refractivity contribution in [2.24, 2.45) is 0 Å². The molecule has 4 nitrogen and oxygen atoms in total. The highest BCUT2D eigenvalue weighted by molar-refractivity contribution is 6.29. The van der Waals surface area contributed by atoms with Gasteiger partial charge < -0.3 is 9.80 Å². The third kappa shape index (κ3) is 6.76. The van der Waals surface area contributed by atoms with Gasteiger partial charge in [0.25, 0.3) is 0 Å². The van der Waals surface area contributed by atoms with Crippen molar-refractivity contribution >= 4 is 45.7 Å². The van der Waals surface area contributed by atoms with Gasteiger partial charge >= 0.3 is 0 Å². The molecule has 3 aliphatic rings. The third-order valence-electron chi connectivity index (χ3n) is 13.5. The molecule has 2 heterocycles. The van der Waals surface area contributed by atoms with Gasteiger partial charge in [0.15, 0.2) is 11.6 Å². The van der Waals surface area contributed by atoms with Crippen molar-refractivity contribution in [3.8, 4) is 22.3 Å². The lowest BCUT2D eigenvalue weighted by molar-refractivity contribution is 0.0979. The largest absolute Gasteiger partial charge is 0.310 e. The molecule has 1 aliphatic carbocycles. The number of para-hydroxylation sites is 4. The molecule has 0 radical (unpaired) electrons. The summed E-state index contributed by atoms with van der Waals surface area (Å²) in [5, 5.41) is 0. The zero-order valence-electron chi connectivity index (χ0n) is 37.5. The molecular weight excluding hydrogens is 793 g/mol. The predicted molar refractivity (Wildman–Crippen MR) is 269 cm³/mol. The Hall–Kier alpha value is -7.82. The van der Waals surface area contributed by atoms with Crippen LogP contribution in [0, 0.1) is 0 Å². The minimum atomic E-state index is -0.130. The molecule has 0 bridgehead atoms. The third-order valence-corrected chi connectivity index (χ3v) is 13.5. The quantitative estimate of drug-likeness (QED) is 0.162. The molecule has 0 amide bonds. The second kappa shape index (κ2) is 16.1. The van der Waals surface area contributed by atoms with Crippen molar-refractivity contribution < 1.29 is 9.59 Å². The molecule has 8 aromatic rings. The summed E-state index contributed by atoms with van der Waals surface area (Å²) in [6.45, 7) is 14.6. The first-order chi connectivity index (χ1) is 31.5. The highest BCUT2D eigenvalue weighted by Gasteiger charge is 2.38. The maximum atomic E-state index is 14.1. The Balaban J connectivity index is 0.000000946. The SMILES string of the molecule is C=C/C=C\C.CC1(C)c2ccccc2N(c2ccc(-c3ccc4c(c3)C(=O)c3ccc(-c5ccc(N6c7ccccc7C(C)(C)c7ccccc76)cc5)cc3C4=O)cc2)c2ccccc21. The maximum Gasteiger partial charge on any atom is 0.194 e. The molecule has 4 heteroatoms. The summed E-state index contributed by atoms with van der Waals surface area (Å²) in [5.41, 5.74) is 17.2. The van der Waals surface area contributed by atoms with E-state index in [1.54, 1.807) is 6.08 Å².